The first-order valence-corrected chi connectivity index (χ1v) is 6.53. The number of rotatable bonds is 4. The van der Waals surface area contributed by atoms with Gasteiger partial charge in [0.1, 0.15) is 0 Å². The van der Waals surface area contributed by atoms with E-state index in [0.29, 0.717) is 12.2 Å². The molecule has 2 amide bonds. The summed E-state index contributed by atoms with van der Waals surface area (Å²) in [6.07, 6.45) is 0.595. The third-order valence-corrected chi connectivity index (χ3v) is 3.16. The van der Waals surface area contributed by atoms with Crippen LogP contribution in [0.2, 0.25) is 0 Å². The Hall–Kier alpha value is -1.33. The van der Waals surface area contributed by atoms with Gasteiger partial charge in [0.25, 0.3) is 0 Å². The van der Waals surface area contributed by atoms with Crippen LogP contribution in [0.3, 0.4) is 0 Å². The zero-order chi connectivity index (χ0) is 13.1. The van der Waals surface area contributed by atoms with Crippen molar-refractivity contribution in [2.24, 2.45) is 0 Å². The maximum absolute atomic E-state index is 11.9. The lowest BCUT2D eigenvalue weighted by molar-refractivity contribution is -0.125. The molecule has 0 aliphatic carbocycles. The maximum atomic E-state index is 11.9. The molecule has 2 rings (SSSR count). The molecule has 1 heterocycles. The fourth-order valence-corrected chi connectivity index (χ4v) is 2.36. The predicted molar refractivity (Wildman–Crippen MR) is 73.9 cm³/mol. The molecule has 1 N–H and O–H groups in total. The van der Waals surface area contributed by atoms with Gasteiger partial charge in [0.05, 0.1) is 12.1 Å². The molecule has 0 atom stereocenters. The number of hydrogen-bond donors (Lipinski definition) is 2. The molecule has 0 spiro atoms. The van der Waals surface area contributed by atoms with Crippen LogP contribution in [0.1, 0.15) is 17.5 Å². The molecule has 0 saturated carbocycles. The smallest absolute Gasteiger partial charge is 0.238 e. The van der Waals surface area contributed by atoms with E-state index in [1.54, 1.807) is 0 Å². The average molecular weight is 264 g/mol. The van der Waals surface area contributed by atoms with Crippen LogP contribution in [-0.4, -0.2) is 24.6 Å². The molecule has 0 fully saturated rings. The highest BCUT2D eigenvalue weighted by molar-refractivity contribution is 7.80. The maximum Gasteiger partial charge on any atom is 0.238 e. The van der Waals surface area contributed by atoms with Gasteiger partial charge >= 0.3 is 0 Å². The Labute approximate surface area is 112 Å². The van der Waals surface area contributed by atoms with Gasteiger partial charge < -0.3 is 5.32 Å². The summed E-state index contributed by atoms with van der Waals surface area (Å²) in [5.41, 5.74) is 2.78. The van der Waals surface area contributed by atoms with E-state index in [4.69, 9.17) is 0 Å². The Morgan fingerprint density at radius 3 is 2.94 bits per heavy atom. The van der Waals surface area contributed by atoms with Crippen LogP contribution in [0.5, 0.6) is 0 Å². The van der Waals surface area contributed by atoms with Crippen LogP contribution in [-0.2, 0) is 22.6 Å². The third-order valence-electron chi connectivity index (χ3n) is 2.93. The Bertz CT molecular complexity index is 488. The summed E-state index contributed by atoms with van der Waals surface area (Å²) in [5, 5.41) is 3.07. The van der Waals surface area contributed by atoms with Gasteiger partial charge in [0, 0.05) is 13.0 Å². The lowest BCUT2D eigenvalue weighted by Crippen LogP contribution is -2.33. The number of hydrogen-bond acceptors (Lipinski definition) is 4. The van der Waals surface area contributed by atoms with E-state index in [9.17, 15) is 9.59 Å². The molecule has 1 aromatic rings. The normalized spacial score (nSPS) is 13.9. The Kier molecular flexibility index (Phi) is 4.04. The highest BCUT2D eigenvalue weighted by Crippen LogP contribution is 2.30. The summed E-state index contributed by atoms with van der Waals surface area (Å²) in [5.74, 6) is 0.143. The van der Waals surface area contributed by atoms with Crippen LogP contribution in [0.4, 0.5) is 5.69 Å². The first kappa shape index (κ1) is 13.1. The standard InChI is InChI=1S/C13H16N2O2S/c1-14-8-9-2-3-11-10(6-9)7-13(17)15(11)12(16)4-5-18/h2-3,6,14,18H,4-5,7-8H2,1H3. The molecule has 18 heavy (non-hydrogen) atoms. The van der Waals surface area contributed by atoms with Crippen molar-refractivity contribution in [3.05, 3.63) is 29.3 Å². The summed E-state index contributed by atoms with van der Waals surface area (Å²) in [7, 11) is 1.88. The topological polar surface area (TPSA) is 49.4 Å². The number of carbonyl (C=O) groups is 2. The predicted octanol–water partition coefficient (Wildman–Crippen LogP) is 1.14. The summed E-state index contributed by atoms with van der Waals surface area (Å²) in [6, 6.07) is 5.77. The number of thiol groups is 1. The second kappa shape index (κ2) is 5.54. The van der Waals surface area contributed by atoms with E-state index in [1.807, 2.05) is 25.2 Å². The van der Waals surface area contributed by atoms with Crippen LogP contribution in [0, 0.1) is 0 Å². The van der Waals surface area contributed by atoms with E-state index in [1.165, 1.54) is 4.90 Å². The summed E-state index contributed by atoms with van der Waals surface area (Å²) >= 11 is 4.03. The summed E-state index contributed by atoms with van der Waals surface area (Å²) in [6.45, 7) is 0.756. The molecule has 1 aliphatic rings. The lowest BCUT2D eigenvalue weighted by Gasteiger charge is -2.15. The summed E-state index contributed by atoms with van der Waals surface area (Å²) in [4.78, 5) is 25.0. The van der Waals surface area contributed by atoms with Crippen LogP contribution < -0.4 is 10.2 Å². The number of benzene rings is 1. The number of amides is 2. The van der Waals surface area contributed by atoms with E-state index >= 15 is 0 Å². The van der Waals surface area contributed by atoms with Gasteiger partial charge in [-0.05, 0) is 30.0 Å². The van der Waals surface area contributed by atoms with Crippen molar-refractivity contribution in [3.8, 4) is 0 Å². The van der Waals surface area contributed by atoms with Crippen molar-refractivity contribution in [1.29, 1.82) is 0 Å². The van der Waals surface area contributed by atoms with Crippen molar-refractivity contribution >= 4 is 30.1 Å². The first-order chi connectivity index (χ1) is 8.67. The largest absolute Gasteiger partial charge is 0.316 e. The molecule has 0 radical (unpaired) electrons. The molecule has 0 unspecified atom stereocenters. The van der Waals surface area contributed by atoms with Gasteiger partial charge in [-0.2, -0.15) is 12.6 Å². The number of nitrogens with one attached hydrogen (secondary N) is 1. The number of fused-ring (bicyclic) bond motifs is 1. The minimum Gasteiger partial charge on any atom is -0.316 e. The minimum absolute atomic E-state index is 0.140. The van der Waals surface area contributed by atoms with Crippen molar-refractivity contribution in [3.63, 3.8) is 0 Å². The van der Waals surface area contributed by atoms with Gasteiger partial charge in [-0.15, -0.1) is 0 Å². The molecule has 4 nitrogen and oxygen atoms in total. The van der Waals surface area contributed by atoms with Gasteiger partial charge in [-0.3, -0.25) is 9.59 Å². The quantitative estimate of drug-likeness (QED) is 0.802. The highest BCUT2D eigenvalue weighted by Gasteiger charge is 2.31. The second-order valence-electron chi connectivity index (χ2n) is 4.27. The Morgan fingerprint density at radius 1 is 1.50 bits per heavy atom. The SMILES string of the molecule is CNCc1ccc2c(c1)CC(=O)N2C(=O)CCS. The van der Waals surface area contributed by atoms with Gasteiger partial charge in [-0.25, -0.2) is 4.90 Å². The molecule has 0 saturated heterocycles. The first-order valence-electron chi connectivity index (χ1n) is 5.90. The zero-order valence-corrected chi connectivity index (χ0v) is 11.2. The molecular weight excluding hydrogens is 248 g/mol. The molecule has 1 aromatic carbocycles. The number of imide groups is 1. The third kappa shape index (κ3) is 2.42. The van der Waals surface area contributed by atoms with Crippen molar-refractivity contribution in [1.82, 2.24) is 5.32 Å². The van der Waals surface area contributed by atoms with Crippen molar-refractivity contribution in [2.75, 3.05) is 17.7 Å². The Morgan fingerprint density at radius 2 is 2.28 bits per heavy atom. The Balaban J connectivity index is 2.29. The van der Waals surface area contributed by atoms with E-state index in [-0.39, 0.29) is 18.2 Å². The lowest BCUT2D eigenvalue weighted by atomic mass is 10.1. The average Bonchev–Trinajstić information content (AvgIpc) is 2.65. The fourth-order valence-electron chi connectivity index (χ4n) is 2.17. The molecular formula is C13H16N2O2S. The van der Waals surface area contributed by atoms with Crippen LogP contribution >= 0.6 is 12.6 Å². The van der Waals surface area contributed by atoms with E-state index in [2.05, 4.69) is 17.9 Å². The van der Waals surface area contributed by atoms with Crippen LogP contribution in [0.15, 0.2) is 18.2 Å². The molecule has 1 aliphatic heterocycles. The van der Waals surface area contributed by atoms with Crippen molar-refractivity contribution < 1.29 is 9.59 Å². The highest BCUT2D eigenvalue weighted by atomic mass is 32.1. The minimum atomic E-state index is -0.171. The van der Waals surface area contributed by atoms with Gasteiger partial charge in [-0.1, -0.05) is 12.1 Å². The monoisotopic (exact) mass is 264 g/mol. The number of anilines is 1. The van der Waals surface area contributed by atoms with E-state index in [0.717, 1.165) is 23.4 Å². The molecule has 0 aromatic heterocycles. The van der Waals surface area contributed by atoms with Gasteiger partial charge in [0.15, 0.2) is 0 Å². The fraction of sp³-hybridized carbons (Fsp3) is 0.385. The molecule has 0 bridgehead atoms. The number of carbonyl (C=O) groups excluding carboxylic acids is 2. The molecule has 96 valence electrons. The van der Waals surface area contributed by atoms with Crippen LogP contribution in [0.25, 0.3) is 0 Å². The second-order valence-corrected chi connectivity index (χ2v) is 4.71. The molecule has 5 heteroatoms. The summed E-state index contributed by atoms with van der Waals surface area (Å²) < 4.78 is 0. The van der Waals surface area contributed by atoms with E-state index < -0.39 is 0 Å². The van der Waals surface area contributed by atoms with Gasteiger partial charge in [0.2, 0.25) is 11.8 Å². The zero-order valence-electron chi connectivity index (χ0n) is 10.3. The van der Waals surface area contributed by atoms with Crippen molar-refractivity contribution in [2.45, 2.75) is 19.4 Å². The number of nitrogens with zero attached hydrogens (tertiary/aromatic N) is 1.